The van der Waals surface area contributed by atoms with Gasteiger partial charge >= 0.3 is 0 Å². The van der Waals surface area contributed by atoms with Crippen molar-refractivity contribution in [2.24, 2.45) is 0 Å². The third-order valence-corrected chi connectivity index (χ3v) is 2.76. The van der Waals surface area contributed by atoms with Crippen LogP contribution in [0.25, 0.3) is 11.2 Å². The summed E-state index contributed by atoms with van der Waals surface area (Å²) >= 11 is 5.64. The van der Waals surface area contributed by atoms with Crippen LogP contribution in [0.1, 0.15) is 12.5 Å². The lowest BCUT2D eigenvalue weighted by molar-refractivity contribution is 0.340. The largest absolute Gasteiger partial charge is 0.494 e. The molecule has 0 unspecified atom stereocenters. The Labute approximate surface area is 111 Å². The summed E-state index contributed by atoms with van der Waals surface area (Å²) in [4.78, 5) is 0. The topological polar surface area (TPSA) is 22.4 Å². The molecule has 2 nitrogen and oxygen atoms in total. The number of hydrogen-bond acceptors (Lipinski definition) is 2. The minimum atomic E-state index is 0.711. The Kier molecular flexibility index (Phi) is 4.11. The zero-order valence-corrected chi connectivity index (χ0v) is 11.2. The molecule has 0 saturated heterocycles. The van der Waals surface area contributed by atoms with Gasteiger partial charge in [-0.2, -0.15) is 0 Å². The van der Waals surface area contributed by atoms with Crippen molar-refractivity contribution >= 4 is 22.8 Å². The average molecular weight is 263 g/mol. The van der Waals surface area contributed by atoms with E-state index in [1.165, 1.54) is 5.56 Å². The van der Waals surface area contributed by atoms with Gasteiger partial charge in [-0.05, 0) is 38.1 Å². The molecule has 3 heteroatoms. The molecule has 3 aromatic rings. The lowest BCUT2D eigenvalue weighted by Crippen LogP contribution is -1.90. The Morgan fingerprint density at radius 3 is 2.22 bits per heavy atom. The summed E-state index contributed by atoms with van der Waals surface area (Å²) in [5.41, 5.74) is 2.90. The number of ether oxygens (including phenoxy) is 1. The second kappa shape index (κ2) is 5.78. The molecule has 1 aromatic carbocycles. The van der Waals surface area contributed by atoms with E-state index in [1.54, 1.807) is 6.07 Å². The highest BCUT2D eigenvalue weighted by atomic mass is 35.5. The Morgan fingerprint density at radius 2 is 1.83 bits per heavy atom. The van der Waals surface area contributed by atoms with Gasteiger partial charge in [0, 0.05) is 6.07 Å². The third-order valence-electron chi connectivity index (χ3n) is 2.46. The van der Waals surface area contributed by atoms with Crippen LogP contribution in [0, 0.1) is 6.92 Å². The zero-order valence-electron chi connectivity index (χ0n) is 10.4. The maximum atomic E-state index is 5.64. The first-order valence-electron chi connectivity index (χ1n) is 5.86. The quantitative estimate of drug-likeness (QED) is 0.654. The highest BCUT2D eigenvalue weighted by molar-refractivity contribution is 6.34. The van der Waals surface area contributed by atoms with Gasteiger partial charge < -0.3 is 9.15 Å². The number of hydrogen-bond donors (Lipinski definition) is 0. The van der Waals surface area contributed by atoms with Crippen LogP contribution in [-0.4, -0.2) is 6.61 Å². The van der Waals surface area contributed by atoms with Crippen LogP contribution in [-0.2, 0) is 0 Å². The second-order valence-electron chi connectivity index (χ2n) is 3.94. The van der Waals surface area contributed by atoms with Crippen molar-refractivity contribution in [2.45, 2.75) is 13.8 Å². The van der Waals surface area contributed by atoms with Crippen molar-refractivity contribution in [3.8, 4) is 5.75 Å². The SMILES string of the molecule is CCOc1ccc(C)cc1.Clc1cc2ccc1o2. The van der Waals surface area contributed by atoms with Crippen molar-refractivity contribution in [1.82, 2.24) is 0 Å². The molecule has 2 bridgehead atoms. The number of rotatable bonds is 2. The van der Waals surface area contributed by atoms with E-state index in [2.05, 4.69) is 6.92 Å². The van der Waals surface area contributed by atoms with E-state index >= 15 is 0 Å². The predicted octanol–water partition coefficient (Wildman–Crippen LogP) is 4.92. The summed E-state index contributed by atoms with van der Waals surface area (Å²) in [6.07, 6.45) is 0. The zero-order chi connectivity index (χ0) is 13.0. The molecule has 0 amide bonds. The lowest BCUT2D eigenvalue weighted by Gasteiger charge is -2.01. The summed E-state index contributed by atoms with van der Waals surface area (Å²) in [6.45, 7) is 4.79. The van der Waals surface area contributed by atoms with E-state index in [0.29, 0.717) is 5.02 Å². The smallest absolute Gasteiger partial charge is 0.146 e. The van der Waals surface area contributed by atoms with Gasteiger partial charge in [-0.1, -0.05) is 29.3 Å². The van der Waals surface area contributed by atoms with Crippen LogP contribution < -0.4 is 4.74 Å². The number of fused-ring (bicyclic) bond motifs is 2. The first-order chi connectivity index (χ1) is 8.69. The molecule has 2 heterocycles. The fourth-order valence-electron chi connectivity index (χ4n) is 1.56. The third kappa shape index (κ3) is 3.17. The Morgan fingerprint density at radius 1 is 1.11 bits per heavy atom. The Hall–Kier alpha value is -1.67. The molecule has 0 saturated carbocycles. The Balaban J connectivity index is 0.000000136. The monoisotopic (exact) mass is 262 g/mol. The molecule has 0 aliphatic rings. The number of halogens is 1. The van der Waals surface area contributed by atoms with E-state index in [4.69, 9.17) is 20.8 Å². The van der Waals surface area contributed by atoms with Crippen molar-refractivity contribution in [2.75, 3.05) is 6.61 Å². The fourth-order valence-corrected chi connectivity index (χ4v) is 1.77. The lowest BCUT2D eigenvalue weighted by atomic mass is 10.2. The molecular formula is C15H15ClO2. The normalized spacial score (nSPS) is 10.2. The van der Waals surface area contributed by atoms with Crippen molar-refractivity contribution in [3.05, 3.63) is 53.1 Å². The van der Waals surface area contributed by atoms with Crippen molar-refractivity contribution in [1.29, 1.82) is 0 Å². The maximum Gasteiger partial charge on any atom is 0.146 e. The van der Waals surface area contributed by atoms with Gasteiger partial charge in [0.2, 0.25) is 0 Å². The summed E-state index contributed by atoms with van der Waals surface area (Å²) in [5.74, 6) is 0.952. The number of benzene rings is 2. The van der Waals surface area contributed by atoms with Crippen LogP contribution in [0.4, 0.5) is 0 Å². The molecular weight excluding hydrogens is 248 g/mol. The summed E-state index contributed by atoms with van der Waals surface area (Å²) in [5, 5.41) is 0.711. The van der Waals surface area contributed by atoms with Crippen molar-refractivity contribution < 1.29 is 9.15 Å². The van der Waals surface area contributed by atoms with Crippen LogP contribution in [0.3, 0.4) is 0 Å². The minimum Gasteiger partial charge on any atom is -0.494 e. The first-order valence-corrected chi connectivity index (χ1v) is 6.23. The molecule has 0 atom stereocenters. The first kappa shape index (κ1) is 12.8. The minimum absolute atomic E-state index is 0.711. The molecule has 0 fully saturated rings. The van der Waals surface area contributed by atoms with Gasteiger partial charge in [-0.25, -0.2) is 0 Å². The van der Waals surface area contributed by atoms with E-state index in [1.807, 2.05) is 43.3 Å². The average Bonchev–Trinajstić information content (AvgIpc) is 2.95. The standard InChI is InChI=1S/C9H12O.C6H3ClO/c1-3-10-9-6-4-8(2)5-7-9;7-5-3-4-1-2-6(5)8-4/h4-7H,3H2,1-2H3;1-3H. The Bertz CT molecular complexity index is 583. The molecule has 2 aromatic heterocycles. The second-order valence-corrected chi connectivity index (χ2v) is 4.35. The van der Waals surface area contributed by atoms with E-state index < -0.39 is 0 Å². The van der Waals surface area contributed by atoms with Gasteiger partial charge in [0.05, 0.1) is 11.6 Å². The maximum absolute atomic E-state index is 5.64. The van der Waals surface area contributed by atoms with Gasteiger partial charge in [0.25, 0.3) is 0 Å². The predicted molar refractivity (Wildman–Crippen MR) is 74.8 cm³/mol. The molecule has 0 radical (unpaired) electrons. The van der Waals surface area contributed by atoms with E-state index in [0.717, 1.165) is 23.5 Å². The molecule has 0 aliphatic carbocycles. The molecule has 94 valence electrons. The fraction of sp³-hybridized carbons (Fsp3) is 0.200. The van der Waals surface area contributed by atoms with E-state index in [-0.39, 0.29) is 0 Å². The summed E-state index contributed by atoms with van der Waals surface area (Å²) < 4.78 is 10.3. The molecule has 0 N–H and O–H groups in total. The van der Waals surface area contributed by atoms with Crippen LogP contribution in [0.5, 0.6) is 5.75 Å². The number of aryl methyl sites for hydroxylation is 1. The van der Waals surface area contributed by atoms with Gasteiger partial charge in [-0.3, -0.25) is 0 Å². The van der Waals surface area contributed by atoms with Gasteiger partial charge in [0.15, 0.2) is 0 Å². The van der Waals surface area contributed by atoms with Crippen molar-refractivity contribution in [3.63, 3.8) is 0 Å². The van der Waals surface area contributed by atoms with Crippen LogP contribution in [0.15, 0.2) is 46.9 Å². The molecule has 18 heavy (non-hydrogen) atoms. The molecule has 0 spiro atoms. The molecule has 0 aliphatic heterocycles. The summed E-state index contributed by atoms with van der Waals surface area (Å²) in [6, 6.07) is 13.6. The molecule has 3 rings (SSSR count). The van der Waals surface area contributed by atoms with Gasteiger partial charge in [0.1, 0.15) is 16.9 Å². The van der Waals surface area contributed by atoms with Gasteiger partial charge in [-0.15, -0.1) is 0 Å². The van der Waals surface area contributed by atoms with E-state index in [9.17, 15) is 0 Å². The highest BCUT2D eigenvalue weighted by Crippen LogP contribution is 2.25. The summed E-state index contributed by atoms with van der Waals surface area (Å²) in [7, 11) is 0. The van der Waals surface area contributed by atoms with Crippen LogP contribution in [0.2, 0.25) is 5.02 Å². The van der Waals surface area contributed by atoms with Crippen LogP contribution >= 0.6 is 11.6 Å². The number of furan rings is 2. The highest BCUT2D eigenvalue weighted by Gasteiger charge is 2.01.